The van der Waals surface area contributed by atoms with Gasteiger partial charge in [0.2, 0.25) is 0 Å². The Morgan fingerprint density at radius 3 is 2.33 bits per heavy atom. The first-order valence-corrected chi connectivity index (χ1v) is 5.09. The van der Waals surface area contributed by atoms with Gasteiger partial charge in [0.15, 0.2) is 6.04 Å². The topological polar surface area (TPSA) is 87.7 Å². The molecule has 18 heavy (non-hydrogen) atoms. The maximum Gasteiger partial charge on any atom is 0.411 e. The first-order chi connectivity index (χ1) is 8.22. The molecule has 6 nitrogen and oxygen atoms in total. The molecule has 0 saturated heterocycles. The van der Waals surface area contributed by atoms with E-state index in [-0.39, 0.29) is 19.4 Å². The molecule has 1 saturated carbocycles. The van der Waals surface area contributed by atoms with Crippen LogP contribution < -0.4 is 10.6 Å². The summed E-state index contributed by atoms with van der Waals surface area (Å²) in [6.45, 7) is -0.332. The third-order valence-electron chi connectivity index (χ3n) is 2.58. The van der Waals surface area contributed by atoms with E-state index in [0.29, 0.717) is 0 Å². The van der Waals surface area contributed by atoms with Crippen molar-refractivity contribution in [3.8, 4) is 0 Å². The minimum atomic E-state index is -4.54. The molecule has 1 fully saturated rings. The molecule has 0 heterocycles. The summed E-state index contributed by atoms with van der Waals surface area (Å²) in [7, 11) is 1.22. The van der Waals surface area contributed by atoms with Crippen molar-refractivity contribution >= 4 is 12.0 Å². The lowest BCUT2D eigenvalue weighted by Gasteiger charge is -2.22. The summed E-state index contributed by atoms with van der Waals surface area (Å²) in [5.74, 6) is -1.39. The zero-order chi connectivity index (χ0) is 14.0. The minimum Gasteiger partial charge on any atom is -0.480 e. The van der Waals surface area contributed by atoms with Crippen LogP contribution in [0.3, 0.4) is 0 Å². The number of amides is 2. The summed E-state index contributed by atoms with van der Waals surface area (Å²) >= 11 is 0. The average Bonchev–Trinajstić information content (AvgIpc) is 2.97. The van der Waals surface area contributed by atoms with Crippen molar-refractivity contribution < 1.29 is 32.6 Å². The predicted octanol–water partition coefficient (Wildman–Crippen LogP) is 0.480. The Morgan fingerprint density at radius 2 is 2.00 bits per heavy atom. The number of methoxy groups -OCH3 is 1. The first-order valence-electron chi connectivity index (χ1n) is 5.09. The van der Waals surface area contributed by atoms with Crippen LogP contribution >= 0.6 is 0 Å². The van der Waals surface area contributed by atoms with Crippen LogP contribution in [0.1, 0.15) is 12.8 Å². The lowest BCUT2D eigenvalue weighted by Crippen LogP contribution is -2.55. The number of rotatable bonds is 5. The summed E-state index contributed by atoms with van der Waals surface area (Å²) in [6, 6.07) is -2.56. The van der Waals surface area contributed by atoms with Crippen LogP contribution in [0.25, 0.3) is 0 Å². The van der Waals surface area contributed by atoms with Crippen molar-refractivity contribution in [1.29, 1.82) is 0 Å². The molecule has 1 aliphatic rings. The Kier molecular flexibility index (Phi) is 4.05. The molecule has 1 aliphatic carbocycles. The molecule has 1 rings (SSSR count). The van der Waals surface area contributed by atoms with Crippen molar-refractivity contribution in [2.45, 2.75) is 30.6 Å². The molecule has 0 aromatic carbocycles. The summed E-state index contributed by atoms with van der Waals surface area (Å²) in [4.78, 5) is 22.0. The van der Waals surface area contributed by atoms with Crippen LogP contribution in [-0.2, 0) is 9.53 Å². The Bertz CT molecular complexity index is 341. The molecule has 0 radical (unpaired) electrons. The summed E-state index contributed by atoms with van der Waals surface area (Å²) in [6.07, 6.45) is -4.94. The molecule has 3 N–H and O–H groups in total. The van der Waals surface area contributed by atoms with E-state index in [0.717, 1.165) is 0 Å². The highest BCUT2D eigenvalue weighted by Crippen LogP contribution is 2.48. The number of carbonyl (C=O) groups is 2. The largest absolute Gasteiger partial charge is 0.480 e. The van der Waals surface area contributed by atoms with Crippen LogP contribution in [0, 0.1) is 0 Å². The Morgan fingerprint density at radius 1 is 1.44 bits per heavy atom. The molecule has 104 valence electrons. The number of alkyl halides is 3. The van der Waals surface area contributed by atoms with Gasteiger partial charge in [0.05, 0.1) is 6.61 Å². The van der Waals surface area contributed by atoms with Gasteiger partial charge in [0.1, 0.15) is 5.54 Å². The number of ether oxygens (including phenoxy) is 1. The number of hydrogen-bond donors (Lipinski definition) is 3. The van der Waals surface area contributed by atoms with Crippen LogP contribution in [0.2, 0.25) is 0 Å². The molecule has 0 spiro atoms. The molecule has 0 aromatic heterocycles. The van der Waals surface area contributed by atoms with Gasteiger partial charge in [-0.3, -0.25) is 0 Å². The molecule has 0 aromatic rings. The van der Waals surface area contributed by atoms with E-state index in [4.69, 9.17) is 5.11 Å². The number of nitrogens with one attached hydrogen (secondary N) is 2. The van der Waals surface area contributed by atoms with E-state index in [1.165, 1.54) is 7.11 Å². The van der Waals surface area contributed by atoms with Crippen LogP contribution in [0.15, 0.2) is 0 Å². The second-order valence-electron chi connectivity index (χ2n) is 4.02. The third kappa shape index (κ3) is 3.25. The van der Waals surface area contributed by atoms with E-state index >= 15 is 0 Å². The fourth-order valence-corrected chi connectivity index (χ4v) is 1.36. The quantitative estimate of drug-likeness (QED) is 0.678. The zero-order valence-electron chi connectivity index (χ0n) is 9.50. The van der Waals surface area contributed by atoms with E-state index in [1.807, 2.05) is 5.32 Å². The van der Waals surface area contributed by atoms with E-state index < -0.39 is 29.8 Å². The summed E-state index contributed by atoms with van der Waals surface area (Å²) < 4.78 is 42.1. The minimum absolute atomic E-state index is 0.202. The van der Waals surface area contributed by atoms with Crippen molar-refractivity contribution in [3.63, 3.8) is 0 Å². The summed E-state index contributed by atoms with van der Waals surface area (Å²) in [5.41, 5.74) is -2.22. The molecule has 0 bridgehead atoms. The standard InChI is InChI=1S/C9H13F3N2O4/c1-18-4-5(6(15)16)13-7(17)14-8(2-3-8)9(10,11)12/h5H,2-4H2,1H3,(H,15,16)(H2,13,14,17). The highest BCUT2D eigenvalue weighted by molar-refractivity contribution is 5.83. The molecule has 0 aliphatic heterocycles. The van der Waals surface area contributed by atoms with Gasteiger partial charge in [-0.1, -0.05) is 0 Å². The highest BCUT2D eigenvalue weighted by atomic mass is 19.4. The fourth-order valence-electron chi connectivity index (χ4n) is 1.36. The van der Waals surface area contributed by atoms with E-state index in [9.17, 15) is 22.8 Å². The Balaban J connectivity index is 2.54. The van der Waals surface area contributed by atoms with Crippen molar-refractivity contribution in [1.82, 2.24) is 10.6 Å². The number of urea groups is 1. The monoisotopic (exact) mass is 270 g/mol. The molecule has 9 heteroatoms. The highest BCUT2D eigenvalue weighted by Gasteiger charge is 2.64. The number of hydrogen-bond acceptors (Lipinski definition) is 3. The Labute approximate surface area is 100 Å². The second kappa shape index (κ2) is 5.01. The molecular weight excluding hydrogens is 257 g/mol. The lowest BCUT2D eigenvalue weighted by molar-refractivity contribution is -0.162. The fraction of sp³-hybridized carbons (Fsp3) is 0.778. The average molecular weight is 270 g/mol. The zero-order valence-corrected chi connectivity index (χ0v) is 9.50. The van der Waals surface area contributed by atoms with Gasteiger partial charge in [0, 0.05) is 7.11 Å². The van der Waals surface area contributed by atoms with Crippen molar-refractivity contribution in [2.75, 3.05) is 13.7 Å². The maximum absolute atomic E-state index is 12.5. The summed E-state index contributed by atoms with van der Waals surface area (Å²) in [5, 5.41) is 12.4. The third-order valence-corrected chi connectivity index (χ3v) is 2.58. The molecule has 1 atom stereocenters. The smallest absolute Gasteiger partial charge is 0.411 e. The van der Waals surface area contributed by atoms with Gasteiger partial charge in [-0.2, -0.15) is 13.2 Å². The normalized spacial score (nSPS) is 18.9. The number of aliphatic carboxylic acids is 1. The predicted molar refractivity (Wildman–Crippen MR) is 53.0 cm³/mol. The van der Waals surface area contributed by atoms with Gasteiger partial charge in [-0.25, -0.2) is 9.59 Å². The van der Waals surface area contributed by atoms with Gasteiger partial charge in [0.25, 0.3) is 0 Å². The van der Waals surface area contributed by atoms with Gasteiger partial charge < -0.3 is 20.5 Å². The SMILES string of the molecule is COCC(NC(=O)NC1(C(F)(F)F)CC1)C(=O)O. The molecule has 2 amide bonds. The van der Waals surface area contributed by atoms with Gasteiger partial charge in [-0.05, 0) is 12.8 Å². The van der Waals surface area contributed by atoms with Crippen LogP contribution in [-0.4, -0.2) is 48.6 Å². The number of carbonyl (C=O) groups excluding carboxylic acids is 1. The molecule has 1 unspecified atom stereocenters. The van der Waals surface area contributed by atoms with Crippen LogP contribution in [0.4, 0.5) is 18.0 Å². The first kappa shape index (κ1) is 14.6. The maximum atomic E-state index is 12.5. The Hall–Kier alpha value is -1.51. The van der Waals surface area contributed by atoms with Crippen LogP contribution in [0.5, 0.6) is 0 Å². The second-order valence-corrected chi connectivity index (χ2v) is 4.02. The van der Waals surface area contributed by atoms with E-state index in [2.05, 4.69) is 4.74 Å². The number of carboxylic acid groups (broad SMARTS) is 1. The lowest BCUT2D eigenvalue weighted by atomic mass is 10.2. The van der Waals surface area contributed by atoms with E-state index in [1.54, 1.807) is 5.32 Å². The molecular formula is C9H13F3N2O4. The number of carboxylic acids is 1. The number of halogens is 3. The van der Waals surface area contributed by atoms with Crippen molar-refractivity contribution in [2.24, 2.45) is 0 Å². The van der Waals surface area contributed by atoms with Crippen molar-refractivity contribution in [3.05, 3.63) is 0 Å². The van der Waals surface area contributed by atoms with Gasteiger partial charge in [-0.15, -0.1) is 0 Å². The van der Waals surface area contributed by atoms with Gasteiger partial charge >= 0.3 is 18.2 Å².